The lowest BCUT2D eigenvalue weighted by atomic mass is 10.1. The van der Waals surface area contributed by atoms with Gasteiger partial charge in [0.05, 0.1) is 24.2 Å². The summed E-state index contributed by atoms with van der Waals surface area (Å²) in [5.41, 5.74) is 3.66. The number of aromatic nitrogens is 3. The quantitative estimate of drug-likeness (QED) is 0.303. The van der Waals surface area contributed by atoms with E-state index >= 15 is 0 Å². The fraction of sp³-hybridized carbons (Fsp3) is 0.0400. The molecule has 0 bridgehead atoms. The van der Waals surface area contributed by atoms with Gasteiger partial charge in [-0.2, -0.15) is 9.80 Å². The average molecular weight is 454 g/mol. The number of nitrogens with zero attached hydrogens (tertiary/aromatic N) is 4. The second-order valence-corrected chi connectivity index (χ2v) is 7.96. The van der Waals surface area contributed by atoms with Crippen molar-refractivity contribution in [3.05, 3.63) is 101 Å². The molecule has 33 heavy (non-hydrogen) atoms. The van der Waals surface area contributed by atoms with Gasteiger partial charge in [0.1, 0.15) is 5.75 Å². The predicted octanol–water partition coefficient (Wildman–Crippen LogP) is 6.38. The summed E-state index contributed by atoms with van der Waals surface area (Å²) in [5.74, 6) is 0.664. The van der Waals surface area contributed by atoms with Crippen LogP contribution < -0.4 is 10.3 Å². The lowest BCUT2D eigenvalue weighted by Crippen LogP contribution is -2.13. The molecule has 5 aromatic rings. The maximum Gasteiger partial charge on any atom is 0.301 e. The van der Waals surface area contributed by atoms with Gasteiger partial charge in [0.2, 0.25) is 5.13 Å². The van der Waals surface area contributed by atoms with E-state index in [-0.39, 0.29) is 11.2 Å². The minimum absolute atomic E-state index is 0.209. The van der Waals surface area contributed by atoms with Crippen LogP contribution in [-0.4, -0.2) is 21.9 Å². The van der Waals surface area contributed by atoms with E-state index in [1.165, 1.54) is 16.0 Å². The van der Waals surface area contributed by atoms with E-state index in [0.29, 0.717) is 22.3 Å². The number of aromatic amines is 1. The molecular weight excluding hydrogens is 434 g/mol. The molecule has 3 aromatic carbocycles. The molecule has 0 radical (unpaired) electrons. The number of nitrogens with one attached hydrogen (secondary N) is 1. The van der Waals surface area contributed by atoms with Gasteiger partial charge in [-0.15, -0.1) is 16.5 Å². The third-order valence-corrected chi connectivity index (χ3v) is 5.83. The van der Waals surface area contributed by atoms with Crippen molar-refractivity contribution in [2.45, 2.75) is 0 Å². The zero-order chi connectivity index (χ0) is 22.6. The normalized spacial score (nSPS) is 11.2. The van der Waals surface area contributed by atoms with Gasteiger partial charge in [-0.05, 0) is 12.1 Å². The molecule has 0 spiro atoms. The molecule has 1 N–H and O–H groups in total. The Morgan fingerprint density at radius 1 is 0.909 bits per heavy atom. The first-order valence-corrected chi connectivity index (χ1v) is 11.1. The molecule has 0 atom stereocenters. The maximum absolute atomic E-state index is 13.4. The zero-order valence-corrected chi connectivity index (χ0v) is 18.5. The van der Waals surface area contributed by atoms with Crippen molar-refractivity contribution in [3.63, 3.8) is 0 Å². The summed E-state index contributed by atoms with van der Waals surface area (Å²) in [5, 5.41) is 14.2. The van der Waals surface area contributed by atoms with Crippen molar-refractivity contribution in [1.82, 2.24) is 14.8 Å². The Morgan fingerprint density at radius 2 is 1.64 bits per heavy atom. The van der Waals surface area contributed by atoms with Crippen molar-refractivity contribution >= 4 is 22.7 Å². The second kappa shape index (κ2) is 9.05. The van der Waals surface area contributed by atoms with E-state index in [0.717, 1.165) is 16.8 Å². The summed E-state index contributed by atoms with van der Waals surface area (Å²) in [4.78, 5) is 18.0. The number of hydrogen-bond acceptors (Lipinski definition) is 6. The van der Waals surface area contributed by atoms with Gasteiger partial charge in [-0.1, -0.05) is 66.7 Å². The molecule has 0 aliphatic heterocycles. The predicted molar refractivity (Wildman–Crippen MR) is 130 cm³/mol. The second-order valence-electron chi connectivity index (χ2n) is 7.12. The zero-order valence-electron chi connectivity index (χ0n) is 17.7. The third kappa shape index (κ3) is 4.24. The van der Waals surface area contributed by atoms with Crippen LogP contribution in [0, 0.1) is 0 Å². The van der Waals surface area contributed by atoms with Crippen LogP contribution in [0.3, 0.4) is 0 Å². The summed E-state index contributed by atoms with van der Waals surface area (Å²) >= 11 is 1.38. The van der Waals surface area contributed by atoms with Crippen LogP contribution in [0.5, 0.6) is 5.75 Å². The highest BCUT2D eigenvalue weighted by molar-refractivity contribution is 7.12. The molecule has 0 aliphatic rings. The number of benzene rings is 3. The van der Waals surface area contributed by atoms with Gasteiger partial charge in [0.15, 0.2) is 5.69 Å². The summed E-state index contributed by atoms with van der Waals surface area (Å²) < 4.78 is 6.66. The van der Waals surface area contributed by atoms with Crippen molar-refractivity contribution in [3.8, 4) is 33.4 Å². The number of hydrogen-bond donors (Lipinski definition) is 1. The highest BCUT2D eigenvalue weighted by Gasteiger charge is 2.19. The molecule has 0 unspecified atom stereocenters. The Bertz CT molecular complexity index is 1470. The lowest BCUT2D eigenvalue weighted by molar-refractivity contribution is 0.415. The molecular formula is C25H19N5O2S. The first-order valence-electron chi connectivity index (χ1n) is 10.2. The number of methoxy groups -OCH3 is 1. The van der Waals surface area contributed by atoms with Crippen LogP contribution in [0.2, 0.25) is 0 Å². The summed E-state index contributed by atoms with van der Waals surface area (Å²) in [6.07, 6.45) is 0. The third-order valence-electron chi connectivity index (χ3n) is 5.00. The first kappa shape index (κ1) is 20.6. The van der Waals surface area contributed by atoms with Gasteiger partial charge >= 0.3 is 5.56 Å². The van der Waals surface area contributed by atoms with Gasteiger partial charge in [-0.3, -0.25) is 9.89 Å². The van der Waals surface area contributed by atoms with Crippen LogP contribution >= 0.6 is 11.3 Å². The van der Waals surface area contributed by atoms with E-state index in [1.807, 2.05) is 78.2 Å². The summed E-state index contributed by atoms with van der Waals surface area (Å²) in [7, 11) is 1.59. The van der Waals surface area contributed by atoms with E-state index in [2.05, 4.69) is 20.3 Å². The molecule has 0 fully saturated rings. The molecule has 0 saturated carbocycles. The summed E-state index contributed by atoms with van der Waals surface area (Å²) in [6.45, 7) is 0. The SMILES string of the molecule is COc1cccc(N=Nc2c(-c3ccccc3)[nH]n(-c3nc(-c4ccccc4)cs3)c2=O)c1. The molecule has 8 heteroatoms. The van der Waals surface area contributed by atoms with Gasteiger partial charge in [0.25, 0.3) is 0 Å². The van der Waals surface area contributed by atoms with Crippen LogP contribution in [0.25, 0.3) is 27.6 Å². The van der Waals surface area contributed by atoms with Gasteiger partial charge < -0.3 is 4.74 Å². The Morgan fingerprint density at radius 3 is 2.36 bits per heavy atom. The monoisotopic (exact) mass is 453 g/mol. The maximum atomic E-state index is 13.4. The van der Waals surface area contributed by atoms with E-state index in [1.54, 1.807) is 19.2 Å². The van der Waals surface area contributed by atoms with Crippen molar-refractivity contribution in [2.75, 3.05) is 7.11 Å². The fourth-order valence-corrected chi connectivity index (χ4v) is 4.14. The molecule has 0 amide bonds. The Labute approximate surface area is 193 Å². The number of ether oxygens (including phenoxy) is 1. The molecule has 0 saturated heterocycles. The molecule has 0 aliphatic carbocycles. The molecule has 5 rings (SSSR count). The number of thiazole rings is 1. The topological polar surface area (TPSA) is 84.6 Å². The average Bonchev–Trinajstić information content (AvgIpc) is 3.49. The molecule has 162 valence electrons. The van der Waals surface area contributed by atoms with Crippen LogP contribution in [0.4, 0.5) is 11.4 Å². The standard InChI is InChI=1S/C25H19N5O2S/c1-32-20-14-8-13-19(15-20)27-28-23-22(18-11-6-3-7-12-18)29-30(24(23)31)25-26-21(16-33-25)17-9-4-2-5-10-17/h2-16,29H,1H3. The summed E-state index contributed by atoms with van der Waals surface area (Å²) in [6, 6.07) is 26.6. The van der Waals surface area contributed by atoms with Gasteiger partial charge in [-0.25, -0.2) is 4.98 Å². The lowest BCUT2D eigenvalue weighted by Gasteiger charge is -2.00. The van der Waals surface area contributed by atoms with Crippen molar-refractivity contribution in [2.24, 2.45) is 10.2 Å². The minimum Gasteiger partial charge on any atom is -0.497 e. The molecule has 2 heterocycles. The van der Waals surface area contributed by atoms with E-state index in [9.17, 15) is 4.79 Å². The minimum atomic E-state index is -0.325. The Balaban J connectivity index is 1.59. The Kier molecular flexibility index (Phi) is 5.65. The first-order chi connectivity index (χ1) is 16.2. The largest absolute Gasteiger partial charge is 0.497 e. The fourth-order valence-electron chi connectivity index (χ4n) is 3.35. The van der Waals surface area contributed by atoms with Crippen LogP contribution in [-0.2, 0) is 0 Å². The number of rotatable bonds is 6. The highest BCUT2D eigenvalue weighted by atomic mass is 32.1. The van der Waals surface area contributed by atoms with Crippen LogP contribution in [0.15, 0.2) is 105 Å². The number of H-pyrrole nitrogens is 1. The highest BCUT2D eigenvalue weighted by Crippen LogP contribution is 2.30. The Hall–Kier alpha value is -4.30. The molecule has 7 nitrogen and oxygen atoms in total. The smallest absolute Gasteiger partial charge is 0.301 e. The van der Waals surface area contributed by atoms with Crippen molar-refractivity contribution in [1.29, 1.82) is 0 Å². The van der Waals surface area contributed by atoms with E-state index < -0.39 is 0 Å². The van der Waals surface area contributed by atoms with Crippen LogP contribution in [0.1, 0.15) is 0 Å². The number of azo groups is 1. The molecule has 2 aromatic heterocycles. The van der Waals surface area contributed by atoms with Crippen molar-refractivity contribution < 1.29 is 4.74 Å². The van der Waals surface area contributed by atoms with E-state index in [4.69, 9.17) is 4.74 Å². The van der Waals surface area contributed by atoms with Gasteiger partial charge in [0, 0.05) is 22.6 Å².